The van der Waals surface area contributed by atoms with Crippen molar-refractivity contribution >= 4 is 5.97 Å². The Bertz CT molecular complexity index is 470. The van der Waals surface area contributed by atoms with Gasteiger partial charge in [-0.05, 0) is 18.9 Å². The molecule has 1 aromatic rings. The fraction of sp³-hybridized carbons (Fsp3) is 0.500. The highest BCUT2D eigenvalue weighted by Gasteiger charge is 2.43. The Morgan fingerprint density at radius 1 is 1.37 bits per heavy atom. The minimum absolute atomic E-state index is 0.253. The van der Waals surface area contributed by atoms with Crippen molar-refractivity contribution in [2.24, 2.45) is 11.8 Å². The van der Waals surface area contributed by atoms with E-state index in [1.165, 1.54) is 26.2 Å². The van der Waals surface area contributed by atoms with Crippen molar-refractivity contribution in [2.75, 3.05) is 7.11 Å². The SMILES string of the molecule is COC(=O)C(C(C)C)C(C)(O)c1cccc(F)c1F. The number of esters is 1. The maximum atomic E-state index is 13.8. The van der Waals surface area contributed by atoms with Gasteiger partial charge in [0.05, 0.1) is 13.0 Å². The summed E-state index contributed by atoms with van der Waals surface area (Å²) in [6.07, 6.45) is 0. The van der Waals surface area contributed by atoms with E-state index in [4.69, 9.17) is 0 Å². The first-order valence-electron chi connectivity index (χ1n) is 5.98. The summed E-state index contributed by atoms with van der Waals surface area (Å²) in [5.41, 5.74) is -2.11. The van der Waals surface area contributed by atoms with E-state index >= 15 is 0 Å². The molecule has 1 aromatic carbocycles. The first-order valence-corrected chi connectivity index (χ1v) is 5.98. The quantitative estimate of drug-likeness (QED) is 0.857. The molecule has 1 rings (SSSR count). The molecule has 0 fully saturated rings. The highest BCUT2D eigenvalue weighted by atomic mass is 19.2. The van der Waals surface area contributed by atoms with Gasteiger partial charge in [0.1, 0.15) is 5.60 Å². The van der Waals surface area contributed by atoms with Gasteiger partial charge >= 0.3 is 5.97 Å². The molecule has 0 aliphatic carbocycles. The number of carbonyl (C=O) groups is 1. The summed E-state index contributed by atoms with van der Waals surface area (Å²) in [6.45, 7) is 4.69. The summed E-state index contributed by atoms with van der Waals surface area (Å²) < 4.78 is 31.7. The predicted octanol–water partition coefficient (Wildman–Crippen LogP) is 2.62. The lowest BCUT2D eigenvalue weighted by Gasteiger charge is -2.34. The maximum Gasteiger partial charge on any atom is 0.312 e. The van der Waals surface area contributed by atoms with Gasteiger partial charge in [0.25, 0.3) is 0 Å². The molecular formula is C14H18F2O3. The van der Waals surface area contributed by atoms with Gasteiger partial charge in [-0.25, -0.2) is 8.78 Å². The van der Waals surface area contributed by atoms with Crippen LogP contribution in [0.15, 0.2) is 18.2 Å². The molecule has 0 radical (unpaired) electrons. The van der Waals surface area contributed by atoms with Crippen LogP contribution in [0, 0.1) is 23.5 Å². The van der Waals surface area contributed by atoms with Gasteiger partial charge in [0, 0.05) is 5.56 Å². The van der Waals surface area contributed by atoms with Gasteiger partial charge in [-0.15, -0.1) is 0 Å². The number of hydrogen-bond donors (Lipinski definition) is 1. The average Bonchev–Trinajstić information content (AvgIpc) is 2.31. The fourth-order valence-electron chi connectivity index (χ4n) is 2.34. The van der Waals surface area contributed by atoms with E-state index in [-0.39, 0.29) is 11.5 Å². The number of aliphatic hydroxyl groups is 1. The second-order valence-corrected chi connectivity index (χ2v) is 4.99. The molecular weight excluding hydrogens is 254 g/mol. The third-order valence-electron chi connectivity index (χ3n) is 3.22. The third-order valence-corrected chi connectivity index (χ3v) is 3.22. The highest BCUT2D eigenvalue weighted by Crippen LogP contribution is 2.36. The number of halogens is 2. The largest absolute Gasteiger partial charge is 0.469 e. The lowest BCUT2D eigenvalue weighted by atomic mass is 9.76. The van der Waals surface area contributed by atoms with Crippen molar-refractivity contribution < 1.29 is 23.4 Å². The molecule has 0 saturated carbocycles. The first kappa shape index (κ1) is 15.6. The van der Waals surface area contributed by atoms with Crippen LogP contribution in [-0.4, -0.2) is 18.2 Å². The van der Waals surface area contributed by atoms with Crippen LogP contribution >= 0.6 is 0 Å². The van der Waals surface area contributed by atoms with Crippen LogP contribution in [0.2, 0.25) is 0 Å². The molecule has 0 saturated heterocycles. The lowest BCUT2D eigenvalue weighted by molar-refractivity contribution is -0.159. The van der Waals surface area contributed by atoms with E-state index in [9.17, 15) is 18.7 Å². The highest BCUT2D eigenvalue weighted by molar-refractivity contribution is 5.74. The van der Waals surface area contributed by atoms with E-state index in [1.54, 1.807) is 13.8 Å². The molecule has 1 N–H and O–H groups in total. The number of ether oxygens (including phenoxy) is 1. The first-order chi connectivity index (χ1) is 8.73. The molecule has 0 heterocycles. The van der Waals surface area contributed by atoms with Crippen molar-refractivity contribution in [1.29, 1.82) is 0 Å². The summed E-state index contributed by atoms with van der Waals surface area (Å²) >= 11 is 0. The molecule has 0 spiro atoms. The van der Waals surface area contributed by atoms with Crippen LogP contribution in [0.1, 0.15) is 26.3 Å². The van der Waals surface area contributed by atoms with Gasteiger partial charge in [0.2, 0.25) is 0 Å². The minimum atomic E-state index is -1.85. The Labute approximate surface area is 111 Å². The van der Waals surface area contributed by atoms with Crippen molar-refractivity contribution in [3.63, 3.8) is 0 Å². The molecule has 2 unspecified atom stereocenters. The van der Waals surface area contributed by atoms with Crippen molar-refractivity contribution in [3.8, 4) is 0 Å². The van der Waals surface area contributed by atoms with Crippen LogP contribution in [-0.2, 0) is 15.1 Å². The van der Waals surface area contributed by atoms with Crippen molar-refractivity contribution in [1.82, 2.24) is 0 Å². The normalized spacial score (nSPS) is 16.0. The van der Waals surface area contributed by atoms with E-state index < -0.39 is 29.1 Å². The van der Waals surface area contributed by atoms with E-state index in [0.29, 0.717) is 0 Å². The summed E-state index contributed by atoms with van der Waals surface area (Å²) in [6, 6.07) is 3.51. The number of methoxy groups -OCH3 is 1. The molecule has 19 heavy (non-hydrogen) atoms. The van der Waals surface area contributed by atoms with Crippen LogP contribution in [0.3, 0.4) is 0 Å². The zero-order valence-corrected chi connectivity index (χ0v) is 11.4. The van der Waals surface area contributed by atoms with Crippen LogP contribution < -0.4 is 0 Å². The smallest absolute Gasteiger partial charge is 0.312 e. The molecule has 0 aliphatic rings. The molecule has 5 heteroatoms. The number of carbonyl (C=O) groups excluding carboxylic acids is 1. The molecule has 0 amide bonds. The molecule has 0 bridgehead atoms. The van der Waals surface area contributed by atoms with Crippen LogP contribution in [0.25, 0.3) is 0 Å². The summed E-state index contributed by atoms with van der Waals surface area (Å²) in [7, 11) is 1.19. The van der Waals surface area contributed by atoms with E-state index in [2.05, 4.69) is 4.74 Å². The van der Waals surface area contributed by atoms with Crippen LogP contribution in [0.5, 0.6) is 0 Å². The second-order valence-electron chi connectivity index (χ2n) is 4.99. The summed E-state index contributed by atoms with van der Waals surface area (Å²) in [4.78, 5) is 11.8. The van der Waals surface area contributed by atoms with Crippen molar-refractivity contribution in [2.45, 2.75) is 26.4 Å². The summed E-state index contributed by atoms with van der Waals surface area (Å²) in [5.74, 6) is -4.17. The molecule has 3 nitrogen and oxygen atoms in total. The zero-order chi connectivity index (χ0) is 14.8. The van der Waals surface area contributed by atoms with Gasteiger partial charge in [-0.3, -0.25) is 4.79 Å². The van der Waals surface area contributed by atoms with Gasteiger partial charge < -0.3 is 9.84 Å². The molecule has 0 aromatic heterocycles. The second kappa shape index (κ2) is 5.65. The Balaban J connectivity index is 3.34. The monoisotopic (exact) mass is 272 g/mol. The maximum absolute atomic E-state index is 13.8. The molecule has 106 valence electrons. The zero-order valence-electron chi connectivity index (χ0n) is 11.4. The minimum Gasteiger partial charge on any atom is -0.469 e. The van der Waals surface area contributed by atoms with Gasteiger partial charge in [-0.2, -0.15) is 0 Å². The van der Waals surface area contributed by atoms with Gasteiger partial charge in [-0.1, -0.05) is 26.0 Å². The fourth-order valence-corrected chi connectivity index (χ4v) is 2.34. The Hall–Kier alpha value is -1.49. The van der Waals surface area contributed by atoms with Gasteiger partial charge in [0.15, 0.2) is 11.6 Å². The number of hydrogen-bond acceptors (Lipinski definition) is 3. The van der Waals surface area contributed by atoms with Crippen molar-refractivity contribution in [3.05, 3.63) is 35.4 Å². The topological polar surface area (TPSA) is 46.5 Å². The Morgan fingerprint density at radius 3 is 2.42 bits per heavy atom. The van der Waals surface area contributed by atoms with E-state index in [0.717, 1.165) is 6.07 Å². The molecule has 0 aliphatic heterocycles. The predicted molar refractivity (Wildman–Crippen MR) is 66.3 cm³/mol. The Morgan fingerprint density at radius 2 is 1.95 bits per heavy atom. The molecule has 2 atom stereocenters. The number of benzene rings is 1. The average molecular weight is 272 g/mol. The number of rotatable bonds is 4. The Kier molecular flexibility index (Phi) is 4.63. The lowest BCUT2D eigenvalue weighted by Crippen LogP contribution is -2.42. The standard InChI is InChI=1S/C14H18F2O3/c1-8(2)11(13(17)19-4)14(3,18)9-6-5-7-10(15)12(9)16/h5-8,11,18H,1-4H3. The van der Waals surface area contributed by atoms with Crippen LogP contribution in [0.4, 0.5) is 8.78 Å². The third kappa shape index (κ3) is 2.92. The van der Waals surface area contributed by atoms with E-state index in [1.807, 2.05) is 0 Å². The summed E-state index contributed by atoms with van der Waals surface area (Å²) in [5, 5.41) is 10.5.